The summed E-state index contributed by atoms with van der Waals surface area (Å²) in [6.07, 6.45) is 4.28. The van der Waals surface area contributed by atoms with Crippen LogP contribution in [0.15, 0.2) is 30.3 Å². The van der Waals surface area contributed by atoms with Crippen molar-refractivity contribution in [1.29, 1.82) is 0 Å². The molecule has 0 N–H and O–H groups in total. The Balaban J connectivity index is 1.76. The zero-order valence-electron chi connectivity index (χ0n) is 11.0. The van der Waals surface area contributed by atoms with Crippen molar-refractivity contribution < 1.29 is 0 Å². The topological polar surface area (TPSA) is 3.24 Å². The van der Waals surface area contributed by atoms with Crippen LogP contribution < -0.4 is 0 Å². The van der Waals surface area contributed by atoms with Gasteiger partial charge in [0.2, 0.25) is 0 Å². The van der Waals surface area contributed by atoms with Crippen LogP contribution in [0, 0.1) is 11.3 Å². The summed E-state index contributed by atoms with van der Waals surface area (Å²) in [5, 5.41) is 0. The summed E-state index contributed by atoms with van der Waals surface area (Å²) in [5.74, 6) is 0.966. The van der Waals surface area contributed by atoms with E-state index in [0.717, 1.165) is 18.5 Å². The predicted octanol–water partition coefficient (Wildman–Crippen LogP) is 3.70. The van der Waals surface area contributed by atoms with Gasteiger partial charge in [0.1, 0.15) is 0 Å². The fourth-order valence-corrected chi connectivity index (χ4v) is 4.06. The third kappa shape index (κ3) is 2.01. The van der Waals surface area contributed by atoms with Crippen LogP contribution in [0.1, 0.15) is 38.7 Å². The van der Waals surface area contributed by atoms with Gasteiger partial charge in [-0.2, -0.15) is 0 Å². The molecule has 1 aliphatic carbocycles. The van der Waals surface area contributed by atoms with E-state index in [1.165, 1.54) is 31.4 Å². The van der Waals surface area contributed by atoms with E-state index in [-0.39, 0.29) is 0 Å². The molecule has 1 aromatic rings. The Morgan fingerprint density at radius 3 is 2.71 bits per heavy atom. The fraction of sp³-hybridized carbons (Fsp3) is 0.625. The van der Waals surface area contributed by atoms with Crippen molar-refractivity contribution in [1.82, 2.24) is 4.90 Å². The van der Waals surface area contributed by atoms with Gasteiger partial charge in [-0.3, -0.25) is 4.90 Å². The van der Waals surface area contributed by atoms with E-state index >= 15 is 0 Å². The molecule has 17 heavy (non-hydrogen) atoms. The Morgan fingerprint density at radius 2 is 1.94 bits per heavy atom. The van der Waals surface area contributed by atoms with Gasteiger partial charge in [-0.25, -0.2) is 0 Å². The van der Waals surface area contributed by atoms with Crippen LogP contribution in [0.25, 0.3) is 0 Å². The summed E-state index contributed by atoms with van der Waals surface area (Å²) < 4.78 is 0. The highest BCUT2D eigenvalue weighted by molar-refractivity contribution is 5.15. The minimum absolute atomic E-state index is 0.524. The highest BCUT2D eigenvalue weighted by Gasteiger charge is 2.48. The maximum absolute atomic E-state index is 2.73. The first-order valence-electron chi connectivity index (χ1n) is 6.95. The molecular formula is C16H23N. The van der Waals surface area contributed by atoms with Crippen molar-refractivity contribution in [2.24, 2.45) is 11.3 Å². The van der Waals surface area contributed by atoms with E-state index in [1.54, 1.807) is 0 Å². The van der Waals surface area contributed by atoms with E-state index in [4.69, 9.17) is 0 Å². The van der Waals surface area contributed by atoms with Crippen LogP contribution in [-0.4, -0.2) is 17.5 Å². The Hall–Kier alpha value is -0.820. The predicted molar refractivity (Wildman–Crippen MR) is 71.8 cm³/mol. The molecular weight excluding hydrogens is 206 g/mol. The smallest absolute Gasteiger partial charge is 0.0237 e. The first-order chi connectivity index (χ1) is 8.17. The van der Waals surface area contributed by atoms with Crippen molar-refractivity contribution >= 4 is 0 Å². The molecule has 92 valence electrons. The standard InChI is InChI=1S/C16H23N/c1-16(2)10-8-14-9-11-17(15(14)16)12-13-6-4-3-5-7-13/h3-7,14-15H,8-12H2,1-2H3. The summed E-state index contributed by atoms with van der Waals surface area (Å²) in [6.45, 7) is 7.36. The fourth-order valence-electron chi connectivity index (χ4n) is 4.06. The summed E-state index contributed by atoms with van der Waals surface area (Å²) in [7, 11) is 0. The lowest BCUT2D eigenvalue weighted by Gasteiger charge is -2.34. The van der Waals surface area contributed by atoms with Gasteiger partial charge in [0.05, 0.1) is 0 Å². The quantitative estimate of drug-likeness (QED) is 0.747. The van der Waals surface area contributed by atoms with E-state index in [0.29, 0.717) is 5.41 Å². The number of rotatable bonds is 2. The molecule has 1 saturated heterocycles. The van der Waals surface area contributed by atoms with Crippen molar-refractivity contribution in [2.75, 3.05) is 6.54 Å². The third-order valence-electron chi connectivity index (χ3n) is 4.82. The van der Waals surface area contributed by atoms with Gasteiger partial charge in [-0.1, -0.05) is 44.2 Å². The van der Waals surface area contributed by atoms with Gasteiger partial charge < -0.3 is 0 Å². The number of fused-ring (bicyclic) bond motifs is 1. The molecule has 0 spiro atoms. The molecule has 2 fully saturated rings. The Bertz CT molecular complexity index is 382. The second kappa shape index (κ2) is 4.13. The molecule has 1 heterocycles. The van der Waals surface area contributed by atoms with E-state index < -0.39 is 0 Å². The molecule has 0 amide bonds. The monoisotopic (exact) mass is 229 g/mol. The number of hydrogen-bond acceptors (Lipinski definition) is 1. The first kappa shape index (κ1) is 11.3. The van der Waals surface area contributed by atoms with Crippen LogP contribution in [-0.2, 0) is 6.54 Å². The zero-order valence-corrected chi connectivity index (χ0v) is 11.0. The highest BCUT2D eigenvalue weighted by Crippen LogP contribution is 2.49. The second-order valence-electron chi connectivity index (χ2n) is 6.48. The highest BCUT2D eigenvalue weighted by atomic mass is 15.2. The lowest BCUT2D eigenvalue weighted by Crippen LogP contribution is -2.39. The maximum Gasteiger partial charge on any atom is 0.0237 e. The van der Waals surface area contributed by atoms with Crippen LogP contribution in [0.5, 0.6) is 0 Å². The molecule has 1 aromatic carbocycles. The van der Waals surface area contributed by atoms with Crippen LogP contribution >= 0.6 is 0 Å². The van der Waals surface area contributed by atoms with Gasteiger partial charge in [0.15, 0.2) is 0 Å². The SMILES string of the molecule is CC1(C)CCC2CCN(Cc3ccccc3)C21. The average molecular weight is 229 g/mol. The van der Waals surface area contributed by atoms with Crippen molar-refractivity contribution in [3.05, 3.63) is 35.9 Å². The molecule has 1 aliphatic heterocycles. The minimum Gasteiger partial charge on any atom is -0.295 e. The maximum atomic E-state index is 2.73. The molecule has 1 saturated carbocycles. The second-order valence-corrected chi connectivity index (χ2v) is 6.48. The molecule has 3 rings (SSSR count). The Labute approximate surface area is 105 Å². The van der Waals surface area contributed by atoms with Crippen LogP contribution in [0.3, 0.4) is 0 Å². The van der Waals surface area contributed by atoms with E-state index in [9.17, 15) is 0 Å². The van der Waals surface area contributed by atoms with Gasteiger partial charge in [0.25, 0.3) is 0 Å². The molecule has 0 aromatic heterocycles. The molecule has 2 aliphatic rings. The van der Waals surface area contributed by atoms with Crippen LogP contribution in [0.4, 0.5) is 0 Å². The first-order valence-corrected chi connectivity index (χ1v) is 6.95. The third-order valence-corrected chi connectivity index (χ3v) is 4.82. The molecule has 2 atom stereocenters. The van der Waals surface area contributed by atoms with Gasteiger partial charge in [-0.05, 0) is 42.7 Å². The summed E-state index contributed by atoms with van der Waals surface area (Å²) >= 11 is 0. The summed E-state index contributed by atoms with van der Waals surface area (Å²) in [6, 6.07) is 11.8. The molecule has 2 unspecified atom stereocenters. The van der Waals surface area contributed by atoms with Gasteiger partial charge >= 0.3 is 0 Å². The lowest BCUT2D eigenvalue weighted by molar-refractivity contribution is 0.132. The number of benzene rings is 1. The van der Waals surface area contributed by atoms with Crippen LogP contribution in [0.2, 0.25) is 0 Å². The van der Waals surface area contributed by atoms with E-state index in [1.807, 2.05) is 0 Å². The number of likely N-dealkylation sites (tertiary alicyclic amines) is 1. The zero-order chi connectivity index (χ0) is 11.9. The van der Waals surface area contributed by atoms with Crippen molar-refractivity contribution in [3.63, 3.8) is 0 Å². The molecule has 0 bridgehead atoms. The number of hydrogen-bond donors (Lipinski definition) is 0. The molecule has 0 radical (unpaired) electrons. The molecule has 1 heteroatoms. The summed E-state index contributed by atoms with van der Waals surface area (Å²) in [4.78, 5) is 2.73. The van der Waals surface area contributed by atoms with E-state index in [2.05, 4.69) is 49.1 Å². The largest absolute Gasteiger partial charge is 0.295 e. The minimum atomic E-state index is 0.524. The van der Waals surface area contributed by atoms with Gasteiger partial charge in [0, 0.05) is 12.6 Å². The normalized spacial score (nSPS) is 31.6. The van der Waals surface area contributed by atoms with Gasteiger partial charge in [-0.15, -0.1) is 0 Å². The average Bonchev–Trinajstić information content (AvgIpc) is 2.84. The number of nitrogens with zero attached hydrogens (tertiary/aromatic N) is 1. The Kier molecular flexibility index (Phi) is 2.74. The summed E-state index contributed by atoms with van der Waals surface area (Å²) in [5.41, 5.74) is 1.99. The van der Waals surface area contributed by atoms with Crippen molar-refractivity contribution in [2.45, 2.75) is 45.7 Å². The van der Waals surface area contributed by atoms with Crippen molar-refractivity contribution in [3.8, 4) is 0 Å². The lowest BCUT2D eigenvalue weighted by atomic mass is 9.85. The molecule has 1 nitrogen and oxygen atoms in total. The Morgan fingerprint density at radius 1 is 1.18 bits per heavy atom.